The van der Waals surface area contributed by atoms with Gasteiger partial charge < -0.3 is 10.2 Å². The molecule has 8 heteroatoms. The van der Waals surface area contributed by atoms with E-state index < -0.39 is 15.9 Å². The second-order valence-electron chi connectivity index (χ2n) is 6.60. The highest BCUT2D eigenvalue weighted by molar-refractivity contribution is 7.91. The van der Waals surface area contributed by atoms with Crippen LogP contribution in [0.5, 0.6) is 0 Å². The zero-order chi connectivity index (χ0) is 18.7. The molecule has 1 saturated heterocycles. The third-order valence-corrected chi connectivity index (χ3v) is 6.25. The largest absolute Gasteiger partial charge is 0.334 e. The average Bonchev–Trinajstić information content (AvgIpc) is 3.09. The molecule has 2 heterocycles. The van der Waals surface area contributed by atoms with E-state index in [0.717, 1.165) is 16.7 Å². The highest BCUT2D eigenvalue weighted by Gasteiger charge is 2.35. The first-order valence-corrected chi connectivity index (χ1v) is 10.5. The highest BCUT2D eigenvalue weighted by atomic mass is 32.2. The van der Waals surface area contributed by atoms with E-state index in [-0.39, 0.29) is 24.1 Å². The van der Waals surface area contributed by atoms with Crippen LogP contribution in [0.3, 0.4) is 0 Å². The van der Waals surface area contributed by atoms with E-state index >= 15 is 0 Å². The van der Waals surface area contributed by atoms with E-state index in [9.17, 15) is 13.2 Å². The fraction of sp³-hybridized carbons (Fsp3) is 0.444. The van der Waals surface area contributed by atoms with Crippen molar-refractivity contribution in [3.8, 4) is 0 Å². The maximum absolute atomic E-state index is 12.7. The van der Waals surface area contributed by atoms with Gasteiger partial charge in [0.1, 0.15) is 0 Å². The van der Waals surface area contributed by atoms with Crippen LogP contribution in [0.25, 0.3) is 0 Å². The molecule has 1 atom stereocenters. The molecule has 1 fully saturated rings. The number of sulfone groups is 1. The predicted octanol–water partition coefficient (Wildman–Crippen LogP) is 1.89. The number of aromatic nitrogens is 2. The van der Waals surface area contributed by atoms with Gasteiger partial charge in [-0.25, -0.2) is 13.2 Å². The molecule has 0 radical (unpaired) electrons. The van der Waals surface area contributed by atoms with Crippen molar-refractivity contribution in [1.82, 2.24) is 20.0 Å². The lowest BCUT2D eigenvalue weighted by Crippen LogP contribution is -2.49. The van der Waals surface area contributed by atoms with Crippen molar-refractivity contribution in [2.75, 3.05) is 18.1 Å². The quantitative estimate of drug-likeness (QED) is 0.883. The van der Waals surface area contributed by atoms with Gasteiger partial charge >= 0.3 is 6.03 Å². The summed E-state index contributed by atoms with van der Waals surface area (Å²) < 4.78 is 25.9. The van der Waals surface area contributed by atoms with Crippen LogP contribution in [0, 0.1) is 6.92 Å². The first kappa shape index (κ1) is 18.4. The van der Waals surface area contributed by atoms with Crippen molar-refractivity contribution in [1.29, 1.82) is 0 Å². The van der Waals surface area contributed by atoms with Crippen molar-refractivity contribution >= 4 is 15.9 Å². The standard InChI is InChI=1S/C18H24N4O3S/c1-3-21-12-16(11-20-21)17-13-26(24,25)9-8-22(17)18(23)19-10-15-6-4-14(2)5-7-15/h4-7,11-12,17H,3,8-10,13H2,1-2H3,(H,19,23). The molecule has 1 N–H and O–H groups in total. The number of urea groups is 1. The molecule has 2 aromatic rings. The number of amides is 2. The minimum atomic E-state index is -3.17. The van der Waals surface area contributed by atoms with Crippen LogP contribution >= 0.6 is 0 Å². The lowest BCUT2D eigenvalue weighted by molar-refractivity contribution is 0.180. The van der Waals surface area contributed by atoms with E-state index in [0.29, 0.717) is 13.1 Å². The minimum Gasteiger partial charge on any atom is -0.334 e. The van der Waals surface area contributed by atoms with Crippen molar-refractivity contribution in [3.63, 3.8) is 0 Å². The van der Waals surface area contributed by atoms with Crippen LogP contribution in [-0.2, 0) is 22.9 Å². The molecule has 1 aromatic heterocycles. The van der Waals surface area contributed by atoms with E-state index in [4.69, 9.17) is 0 Å². The number of hydrogen-bond donors (Lipinski definition) is 1. The van der Waals surface area contributed by atoms with Gasteiger partial charge in [0.05, 0.1) is 23.7 Å². The van der Waals surface area contributed by atoms with Gasteiger partial charge in [-0.2, -0.15) is 5.10 Å². The maximum Gasteiger partial charge on any atom is 0.318 e. The van der Waals surface area contributed by atoms with Crippen LogP contribution in [0.1, 0.15) is 29.7 Å². The number of rotatable bonds is 4. The summed E-state index contributed by atoms with van der Waals surface area (Å²) in [5.41, 5.74) is 2.92. The third kappa shape index (κ3) is 4.24. The van der Waals surface area contributed by atoms with Crippen molar-refractivity contribution in [3.05, 3.63) is 53.3 Å². The van der Waals surface area contributed by atoms with E-state index in [1.54, 1.807) is 15.8 Å². The zero-order valence-corrected chi connectivity index (χ0v) is 15.9. The molecule has 1 aliphatic rings. The van der Waals surface area contributed by atoms with Crippen LogP contribution < -0.4 is 5.32 Å². The topological polar surface area (TPSA) is 84.3 Å². The SMILES string of the molecule is CCn1cc(C2CS(=O)(=O)CCN2C(=O)NCc2ccc(C)cc2)cn1. The molecule has 0 bridgehead atoms. The fourth-order valence-electron chi connectivity index (χ4n) is 3.04. The molecule has 7 nitrogen and oxygen atoms in total. The van der Waals surface area contributed by atoms with Crippen molar-refractivity contribution < 1.29 is 13.2 Å². The molecule has 0 spiro atoms. The normalized spacial score (nSPS) is 19.3. The van der Waals surface area contributed by atoms with E-state index in [2.05, 4.69) is 10.4 Å². The number of carbonyl (C=O) groups excluding carboxylic acids is 1. The fourth-order valence-corrected chi connectivity index (χ4v) is 4.53. The number of carbonyl (C=O) groups is 1. The van der Waals surface area contributed by atoms with Gasteiger partial charge in [-0.15, -0.1) is 0 Å². The molecule has 140 valence electrons. The second kappa shape index (κ2) is 7.49. The summed E-state index contributed by atoms with van der Waals surface area (Å²) in [6.07, 6.45) is 3.46. The first-order valence-electron chi connectivity index (χ1n) is 8.71. The molecule has 1 unspecified atom stereocenters. The van der Waals surface area contributed by atoms with Gasteiger partial charge in [0, 0.05) is 31.4 Å². The van der Waals surface area contributed by atoms with Crippen LogP contribution in [-0.4, -0.2) is 47.2 Å². The zero-order valence-electron chi connectivity index (χ0n) is 15.1. The van der Waals surface area contributed by atoms with Crippen molar-refractivity contribution in [2.24, 2.45) is 0 Å². The molecule has 0 aliphatic carbocycles. The molecule has 3 rings (SSSR count). The van der Waals surface area contributed by atoms with Gasteiger partial charge in [-0.3, -0.25) is 4.68 Å². The van der Waals surface area contributed by atoms with Gasteiger partial charge in [-0.05, 0) is 19.4 Å². The molecular formula is C18H24N4O3S. The van der Waals surface area contributed by atoms with Crippen LogP contribution in [0.15, 0.2) is 36.7 Å². The predicted molar refractivity (Wildman–Crippen MR) is 99.4 cm³/mol. The second-order valence-corrected chi connectivity index (χ2v) is 8.83. The first-order chi connectivity index (χ1) is 12.4. The maximum atomic E-state index is 12.7. The third-order valence-electron chi connectivity index (χ3n) is 4.62. The smallest absolute Gasteiger partial charge is 0.318 e. The monoisotopic (exact) mass is 376 g/mol. The van der Waals surface area contributed by atoms with Crippen LogP contribution in [0.4, 0.5) is 4.79 Å². The van der Waals surface area contributed by atoms with E-state index in [1.165, 1.54) is 0 Å². The molecule has 2 amide bonds. The molecule has 26 heavy (non-hydrogen) atoms. The Morgan fingerprint density at radius 3 is 2.69 bits per heavy atom. The Hall–Kier alpha value is -2.35. The Bertz CT molecular complexity index is 874. The summed E-state index contributed by atoms with van der Waals surface area (Å²) in [4.78, 5) is 14.3. The lowest BCUT2D eigenvalue weighted by Gasteiger charge is -2.35. The molecule has 1 aromatic carbocycles. The van der Waals surface area contributed by atoms with Gasteiger partial charge in [-0.1, -0.05) is 29.8 Å². The van der Waals surface area contributed by atoms with Crippen molar-refractivity contribution in [2.45, 2.75) is 33.0 Å². The molecular weight excluding hydrogens is 352 g/mol. The Labute approximate surface area is 153 Å². The number of benzene rings is 1. The number of nitrogens with one attached hydrogen (secondary N) is 1. The Kier molecular flexibility index (Phi) is 5.31. The van der Waals surface area contributed by atoms with Gasteiger partial charge in [0.15, 0.2) is 9.84 Å². The van der Waals surface area contributed by atoms with Gasteiger partial charge in [0.25, 0.3) is 0 Å². The Balaban J connectivity index is 1.74. The summed E-state index contributed by atoms with van der Waals surface area (Å²) in [6.45, 7) is 5.25. The van der Waals surface area contributed by atoms with Crippen LogP contribution in [0.2, 0.25) is 0 Å². The summed E-state index contributed by atoms with van der Waals surface area (Å²) in [7, 11) is -3.17. The summed E-state index contributed by atoms with van der Waals surface area (Å²) in [5, 5.41) is 7.12. The number of hydrogen-bond acceptors (Lipinski definition) is 4. The lowest BCUT2D eigenvalue weighted by atomic mass is 10.1. The Morgan fingerprint density at radius 1 is 1.31 bits per heavy atom. The molecule has 0 saturated carbocycles. The van der Waals surface area contributed by atoms with Gasteiger partial charge in [0.2, 0.25) is 0 Å². The Morgan fingerprint density at radius 2 is 2.04 bits per heavy atom. The average molecular weight is 376 g/mol. The molecule has 1 aliphatic heterocycles. The minimum absolute atomic E-state index is 0.0105. The summed E-state index contributed by atoms with van der Waals surface area (Å²) >= 11 is 0. The summed E-state index contributed by atoms with van der Waals surface area (Å²) in [5.74, 6) is -0.0796. The van der Waals surface area contributed by atoms with E-state index in [1.807, 2.05) is 44.3 Å². The number of aryl methyl sites for hydroxylation is 2. The summed E-state index contributed by atoms with van der Waals surface area (Å²) in [6, 6.07) is 7.17. The number of nitrogens with zero attached hydrogens (tertiary/aromatic N) is 3. The highest BCUT2D eigenvalue weighted by Crippen LogP contribution is 2.26.